The summed E-state index contributed by atoms with van der Waals surface area (Å²) in [6.07, 6.45) is 0. The zero-order valence-electron chi connectivity index (χ0n) is 9.50. The average Bonchev–Trinajstić information content (AvgIpc) is 2.19. The first-order valence-electron chi connectivity index (χ1n) is 5.05. The number of aryl methyl sites for hydroxylation is 2. The van der Waals surface area contributed by atoms with Crippen LogP contribution < -0.4 is 5.56 Å². The number of hydrogen-bond acceptors (Lipinski definition) is 3. The van der Waals surface area contributed by atoms with Gasteiger partial charge in [-0.1, -0.05) is 19.9 Å². The van der Waals surface area contributed by atoms with Gasteiger partial charge >= 0.3 is 0 Å². The van der Waals surface area contributed by atoms with Crippen molar-refractivity contribution < 1.29 is 4.42 Å². The molecule has 0 aliphatic carbocycles. The molecule has 1 heterocycles. The van der Waals surface area contributed by atoms with E-state index in [1.165, 1.54) is 0 Å². The van der Waals surface area contributed by atoms with Crippen molar-refractivity contribution in [1.29, 1.82) is 0 Å². The molecule has 0 atom stereocenters. The molecule has 0 fully saturated rings. The van der Waals surface area contributed by atoms with Crippen LogP contribution in [0.5, 0.6) is 0 Å². The lowest BCUT2D eigenvalue weighted by Crippen LogP contribution is -2.06. The van der Waals surface area contributed by atoms with Gasteiger partial charge in [0.15, 0.2) is 5.89 Å². The Hall–Kier alpha value is -1.64. The topological polar surface area (TPSA) is 43.1 Å². The van der Waals surface area contributed by atoms with Gasteiger partial charge in [0.05, 0.1) is 5.39 Å². The van der Waals surface area contributed by atoms with Crippen LogP contribution in [0.1, 0.15) is 25.3 Å². The third-order valence-electron chi connectivity index (χ3n) is 1.88. The van der Waals surface area contributed by atoms with E-state index in [1.807, 2.05) is 32.9 Å². The molecule has 0 N–H and O–H groups in total. The number of hydrogen-bond donors (Lipinski definition) is 0. The SMILES string of the molecule is CC.Cc1ccc2c(=O)nc(C)oc2c1. The zero-order valence-corrected chi connectivity index (χ0v) is 9.50. The largest absolute Gasteiger partial charge is 0.442 e. The van der Waals surface area contributed by atoms with Gasteiger partial charge < -0.3 is 4.42 Å². The van der Waals surface area contributed by atoms with Crippen molar-refractivity contribution in [2.75, 3.05) is 0 Å². The second kappa shape index (κ2) is 4.73. The molecule has 1 aromatic heterocycles. The van der Waals surface area contributed by atoms with E-state index < -0.39 is 0 Å². The van der Waals surface area contributed by atoms with Gasteiger partial charge in [-0.15, -0.1) is 0 Å². The molecule has 15 heavy (non-hydrogen) atoms. The van der Waals surface area contributed by atoms with Crippen LogP contribution >= 0.6 is 0 Å². The molecular formula is C12H15NO2. The predicted molar refractivity (Wildman–Crippen MR) is 61.1 cm³/mol. The molecule has 0 saturated carbocycles. The van der Waals surface area contributed by atoms with Crippen LogP contribution in [0.4, 0.5) is 0 Å². The Morgan fingerprint density at radius 3 is 2.53 bits per heavy atom. The summed E-state index contributed by atoms with van der Waals surface area (Å²) in [6, 6.07) is 5.45. The minimum atomic E-state index is -0.223. The number of fused-ring (bicyclic) bond motifs is 1. The summed E-state index contributed by atoms with van der Waals surface area (Å²) in [5.74, 6) is 0.406. The van der Waals surface area contributed by atoms with E-state index in [9.17, 15) is 4.79 Å². The van der Waals surface area contributed by atoms with Gasteiger partial charge in [-0.25, -0.2) is 0 Å². The highest BCUT2D eigenvalue weighted by Crippen LogP contribution is 2.11. The molecule has 1 aromatic carbocycles. The molecule has 80 valence electrons. The summed E-state index contributed by atoms with van der Waals surface area (Å²) in [4.78, 5) is 15.0. The van der Waals surface area contributed by atoms with Crippen LogP contribution in [0, 0.1) is 13.8 Å². The first-order chi connectivity index (χ1) is 7.16. The van der Waals surface area contributed by atoms with E-state index in [-0.39, 0.29) is 5.56 Å². The third kappa shape index (κ3) is 2.43. The first-order valence-corrected chi connectivity index (χ1v) is 5.05. The Balaban J connectivity index is 0.000000531. The fraction of sp³-hybridized carbons (Fsp3) is 0.333. The minimum Gasteiger partial charge on any atom is -0.442 e. The molecule has 0 aliphatic heterocycles. The number of benzene rings is 1. The van der Waals surface area contributed by atoms with Crippen LogP contribution in [-0.2, 0) is 0 Å². The van der Waals surface area contributed by atoms with Crippen molar-refractivity contribution in [2.24, 2.45) is 0 Å². The highest BCUT2D eigenvalue weighted by Gasteiger charge is 2.02. The fourth-order valence-corrected chi connectivity index (χ4v) is 1.28. The Morgan fingerprint density at radius 1 is 1.20 bits per heavy atom. The van der Waals surface area contributed by atoms with Crippen LogP contribution in [0.3, 0.4) is 0 Å². The fourth-order valence-electron chi connectivity index (χ4n) is 1.28. The average molecular weight is 205 g/mol. The Kier molecular flexibility index (Phi) is 3.61. The number of aromatic nitrogens is 1. The van der Waals surface area contributed by atoms with E-state index in [0.29, 0.717) is 16.9 Å². The van der Waals surface area contributed by atoms with Gasteiger partial charge in [0.2, 0.25) is 0 Å². The zero-order chi connectivity index (χ0) is 11.4. The smallest absolute Gasteiger partial charge is 0.283 e. The molecule has 2 aromatic rings. The van der Waals surface area contributed by atoms with Crippen molar-refractivity contribution in [1.82, 2.24) is 4.98 Å². The van der Waals surface area contributed by atoms with Gasteiger partial charge in [-0.3, -0.25) is 4.79 Å². The van der Waals surface area contributed by atoms with Crippen molar-refractivity contribution in [3.8, 4) is 0 Å². The Labute approximate surface area is 88.8 Å². The quantitative estimate of drug-likeness (QED) is 0.664. The first kappa shape index (κ1) is 11.4. The van der Waals surface area contributed by atoms with E-state index >= 15 is 0 Å². The maximum absolute atomic E-state index is 11.3. The maximum atomic E-state index is 11.3. The van der Waals surface area contributed by atoms with Crippen LogP contribution in [0.2, 0.25) is 0 Å². The van der Waals surface area contributed by atoms with E-state index in [2.05, 4.69) is 4.98 Å². The lowest BCUT2D eigenvalue weighted by molar-refractivity contribution is 0.534. The second-order valence-corrected chi connectivity index (χ2v) is 3.04. The lowest BCUT2D eigenvalue weighted by atomic mass is 10.2. The van der Waals surface area contributed by atoms with Crippen molar-refractivity contribution in [3.63, 3.8) is 0 Å². The monoisotopic (exact) mass is 205 g/mol. The molecule has 0 saturated heterocycles. The van der Waals surface area contributed by atoms with E-state index in [0.717, 1.165) is 5.56 Å². The van der Waals surface area contributed by atoms with Gasteiger partial charge in [0.1, 0.15) is 5.58 Å². The molecule has 0 spiro atoms. The standard InChI is InChI=1S/C10H9NO2.C2H6/c1-6-3-4-8-9(5-6)13-7(2)11-10(8)12;1-2/h3-5H,1-2H3;1-2H3. The molecule has 0 bridgehead atoms. The molecular weight excluding hydrogens is 190 g/mol. The van der Waals surface area contributed by atoms with Gasteiger partial charge in [0.25, 0.3) is 5.56 Å². The van der Waals surface area contributed by atoms with Crippen molar-refractivity contribution in [2.45, 2.75) is 27.7 Å². The summed E-state index contributed by atoms with van der Waals surface area (Å²) >= 11 is 0. The van der Waals surface area contributed by atoms with Gasteiger partial charge in [-0.2, -0.15) is 4.98 Å². The van der Waals surface area contributed by atoms with Crippen molar-refractivity contribution >= 4 is 11.0 Å². The maximum Gasteiger partial charge on any atom is 0.283 e. The highest BCUT2D eigenvalue weighted by atomic mass is 16.3. The molecule has 3 nitrogen and oxygen atoms in total. The van der Waals surface area contributed by atoms with E-state index in [1.54, 1.807) is 13.0 Å². The van der Waals surface area contributed by atoms with Gasteiger partial charge in [-0.05, 0) is 24.6 Å². The van der Waals surface area contributed by atoms with Crippen LogP contribution in [-0.4, -0.2) is 4.98 Å². The van der Waals surface area contributed by atoms with Crippen molar-refractivity contribution in [3.05, 3.63) is 40.0 Å². The third-order valence-corrected chi connectivity index (χ3v) is 1.88. The normalized spacial score (nSPS) is 9.60. The number of rotatable bonds is 0. The lowest BCUT2D eigenvalue weighted by Gasteiger charge is -1.97. The molecule has 0 amide bonds. The minimum absolute atomic E-state index is 0.223. The highest BCUT2D eigenvalue weighted by molar-refractivity contribution is 5.75. The Morgan fingerprint density at radius 2 is 1.87 bits per heavy atom. The predicted octanol–water partition coefficient (Wildman–Crippen LogP) is 2.83. The van der Waals surface area contributed by atoms with Crippen LogP contribution in [0.15, 0.2) is 27.4 Å². The van der Waals surface area contributed by atoms with Crippen LogP contribution in [0.25, 0.3) is 11.0 Å². The summed E-state index contributed by atoms with van der Waals surface area (Å²) in [5, 5.41) is 0.538. The summed E-state index contributed by atoms with van der Waals surface area (Å²) in [6.45, 7) is 7.62. The second-order valence-electron chi connectivity index (χ2n) is 3.04. The summed E-state index contributed by atoms with van der Waals surface area (Å²) in [7, 11) is 0. The summed E-state index contributed by atoms with van der Waals surface area (Å²) < 4.78 is 5.31. The molecule has 3 heteroatoms. The van der Waals surface area contributed by atoms with E-state index in [4.69, 9.17) is 4.42 Å². The molecule has 0 aliphatic rings. The molecule has 0 unspecified atom stereocenters. The number of nitrogens with zero attached hydrogens (tertiary/aromatic N) is 1. The molecule has 2 rings (SSSR count). The molecule has 0 radical (unpaired) electrons. The Bertz CT molecular complexity index is 509. The van der Waals surface area contributed by atoms with Gasteiger partial charge in [0, 0.05) is 6.92 Å². The summed E-state index contributed by atoms with van der Waals surface area (Å²) in [5.41, 5.74) is 1.46.